The number of carbonyl (C=O) groups excluding carboxylic acids is 1. The van der Waals surface area contributed by atoms with Gasteiger partial charge in [-0.2, -0.15) is 0 Å². The second kappa shape index (κ2) is 5.83. The second-order valence-electron chi connectivity index (χ2n) is 5.37. The third-order valence-electron chi connectivity index (χ3n) is 4.23. The highest BCUT2D eigenvalue weighted by molar-refractivity contribution is 5.81. The Morgan fingerprint density at radius 2 is 1.82 bits per heavy atom. The number of hydrogen-bond acceptors (Lipinski definition) is 3. The molecule has 1 amide bonds. The molecule has 2 aliphatic heterocycles. The van der Waals surface area contributed by atoms with Crippen molar-refractivity contribution in [2.75, 3.05) is 32.8 Å². The molecular weight excluding hydrogens is 216 g/mol. The van der Waals surface area contributed by atoms with E-state index in [0.717, 1.165) is 51.9 Å². The number of likely N-dealkylation sites (tertiary alicyclic amines) is 2. The first kappa shape index (κ1) is 12.8. The molecule has 1 N–H and O–H groups in total. The molecule has 4 nitrogen and oxygen atoms in total. The van der Waals surface area contributed by atoms with Gasteiger partial charge in [0.15, 0.2) is 0 Å². The van der Waals surface area contributed by atoms with Crippen molar-refractivity contribution in [2.24, 2.45) is 5.92 Å². The topological polar surface area (TPSA) is 43.8 Å². The minimum Gasteiger partial charge on any atom is -0.396 e. The van der Waals surface area contributed by atoms with Crippen molar-refractivity contribution in [3.8, 4) is 0 Å². The van der Waals surface area contributed by atoms with Crippen LogP contribution in [0.5, 0.6) is 0 Å². The van der Waals surface area contributed by atoms with Gasteiger partial charge in [0, 0.05) is 19.7 Å². The molecule has 1 unspecified atom stereocenters. The van der Waals surface area contributed by atoms with Crippen LogP contribution in [0.3, 0.4) is 0 Å². The van der Waals surface area contributed by atoms with Crippen molar-refractivity contribution in [3.05, 3.63) is 0 Å². The van der Waals surface area contributed by atoms with Crippen LogP contribution in [0.25, 0.3) is 0 Å². The number of aliphatic hydroxyl groups excluding tert-OH is 1. The Morgan fingerprint density at radius 3 is 2.35 bits per heavy atom. The van der Waals surface area contributed by atoms with E-state index in [-0.39, 0.29) is 6.04 Å². The summed E-state index contributed by atoms with van der Waals surface area (Å²) >= 11 is 0. The lowest BCUT2D eigenvalue weighted by Gasteiger charge is -2.36. The number of carbonyl (C=O) groups is 1. The van der Waals surface area contributed by atoms with Crippen LogP contribution in [-0.4, -0.2) is 59.6 Å². The lowest BCUT2D eigenvalue weighted by Crippen LogP contribution is -2.49. The van der Waals surface area contributed by atoms with Crippen molar-refractivity contribution in [1.82, 2.24) is 9.80 Å². The first-order valence-electron chi connectivity index (χ1n) is 6.86. The number of amides is 1. The van der Waals surface area contributed by atoms with Crippen molar-refractivity contribution in [3.63, 3.8) is 0 Å². The van der Waals surface area contributed by atoms with E-state index in [9.17, 15) is 4.79 Å². The Balaban J connectivity index is 1.83. The average molecular weight is 240 g/mol. The monoisotopic (exact) mass is 240 g/mol. The van der Waals surface area contributed by atoms with Crippen molar-refractivity contribution < 1.29 is 9.90 Å². The maximum Gasteiger partial charge on any atom is 0.239 e. The molecule has 0 aliphatic carbocycles. The van der Waals surface area contributed by atoms with E-state index in [1.807, 2.05) is 11.8 Å². The summed E-state index contributed by atoms with van der Waals surface area (Å²) in [7, 11) is 0. The number of piperidine rings is 1. The van der Waals surface area contributed by atoms with Crippen LogP contribution in [0, 0.1) is 5.92 Å². The Morgan fingerprint density at radius 1 is 1.24 bits per heavy atom. The number of rotatable bonds is 3. The Kier molecular flexibility index (Phi) is 4.40. The summed E-state index contributed by atoms with van der Waals surface area (Å²) in [6.45, 7) is 6.10. The normalized spacial score (nSPS) is 25.2. The Bertz CT molecular complexity index is 256. The highest BCUT2D eigenvalue weighted by atomic mass is 16.3. The van der Waals surface area contributed by atoms with E-state index in [1.165, 1.54) is 0 Å². The first-order chi connectivity index (χ1) is 8.22. The van der Waals surface area contributed by atoms with Crippen LogP contribution in [-0.2, 0) is 4.79 Å². The van der Waals surface area contributed by atoms with E-state index < -0.39 is 0 Å². The highest BCUT2D eigenvalue weighted by Gasteiger charge is 2.30. The summed E-state index contributed by atoms with van der Waals surface area (Å²) in [5.41, 5.74) is 0. The average Bonchev–Trinajstić information content (AvgIpc) is 2.91. The van der Waals surface area contributed by atoms with Crippen molar-refractivity contribution in [1.29, 1.82) is 0 Å². The number of hydrogen-bond donors (Lipinski definition) is 1. The fourth-order valence-corrected chi connectivity index (χ4v) is 2.88. The van der Waals surface area contributed by atoms with Crippen LogP contribution < -0.4 is 0 Å². The zero-order valence-electron chi connectivity index (χ0n) is 10.8. The highest BCUT2D eigenvalue weighted by Crippen LogP contribution is 2.20. The second-order valence-corrected chi connectivity index (χ2v) is 5.37. The van der Waals surface area contributed by atoms with Gasteiger partial charge in [-0.3, -0.25) is 9.69 Å². The van der Waals surface area contributed by atoms with Gasteiger partial charge >= 0.3 is 0 Å². The van der Waals surface area contributed by atoms with E-state index in [4.69, 9.17) is 5.11 Å². The predicted octanol–water partition coefficient (Wildman–Crippen LogP) is 0.702. The number of aliphatic hydroxyl groups is 1. The van der Waals surface area contributed by atoms with Crippen LogP contribution in [0.2, 0.25) is 0 Å². The Hall–Kier alpha value is -0.610. The predicted molar refractivity (Wildman–Crippen MR) is 66.7 cm³/mol. The van der Waals surface area contributed by atoms with Crippen LogP contribution >= 0.6 is 0 Å². The van der Waals surface area contributed by atoms with Gasteiger partial charge in [0.1, 0.15) is 0 Å². The molecule has 17 heavy (non-hydrogen) atoms. The van der Waals surface area contributed by atoms with Crippen LogP contribution in [0.15, 0.2) is 0 Å². The molecule has 2 rings (SSSR count). The quantitative estimate of drug-likeness (QED) is 0.790. The smallest absolute Gasteiger partial charge is 0.239 e. The van der Waals surface area contributed by atoms with Gasteiger partial charge < -0.3 is 10.0 Å². The minimum atomic E-state index is 0.0211. The van der Waals surface area contributed by atoms with Crippen LogP contribution in [0.1, 0.15) is 32.6 Å². The third kappa shape index (κ3) is 2.99. The summed E-state index contributed by atoms with van der Waals surface area (Å²) in [4.78, 5) is 16.5. The standard InChI is InChI=1S/C13H24N2O2/c1-11(13(17)15-6-2-3-7-15)14-8-4-12(10-16)5-9-14/h11-12,16H,2-10H2,1H3. The van der Waals surface area contributed by atoms with Gasteiger partial charge in [0.05, 0.1) is 6.04 Å². The molecule has 98 valence electrons. The van der Waals surface area contributed by atoms with E-state index in [1.54, 1.807) is 0 Å². The molecule has 4 heteroatoms. The summed E-state index contributed by atoms with van der Waals surface area (Å²) in [5, 5.41) is 9.10. The molecule has 2 heterocycles. The largest absolute Gasteiger partial charge is 0.396 e. The zero-order chi connectivity index (χ0) is 12.3. The van der Waals surface area contributed by atoms with Gasteiger partial charge in [-0.1, -0.05) is 0 Å². The molecule has 2 saturated heterocycles. The molecule has 2 aliphatic rings. The molecule has 0 saturated carbocycles. The fourth-order valence-electron chi connectivity index (χ4n) is 2.88. The minimum absolute atomic E-state index is 0.0211. The lowest BCUT2D eigenvalue weighted by atomic mass is 9.97. The first-order valence-corrected chi connectivity index (χ1v) is 6.86. The molecule has 0 spiro atoms. The Labute approximate surface area is 104 Å². The molecule has 0 bridgehead atoms. The summed E-state index contributed by atoms with van der Waals surface area (Å²) in [5.74, 6) is 0.741. The number of nitrogens with zero attached hydrogens (tertiary/aromatic N) is 2. The molecule has 0 aromatic carbocycles. The lowest BCUT2D eigenvalue weighted by molar-refractivity contribution is -0.135. The maximum absolute atomic E-state index is 12.2. The van der Waals surface area contributed by atoms with Gasteiger partial charge in [0.2, 0.25) is 5.91 Å². The third-order valence-corrected chi connectivity index (χ3v) is 4.23. The van der Waals surface area contributed by atoms with Gasteiger partial charge in [0.25, 0.3) is 0 Å². The summed E-state index contributed by atoms with van der Waals surface area (Å²) in [6.07, 6.45) is 4.36. The van der Waals surface area contributed by atoms with Crippen molar-refractivity contribution >= 4 is 5.91 Å². The van der Waals surface area contributed by atoms with Gasteiger partial charge in [-0.25, -0.2) is 0 Å². The van der Waals surface area contributed by atoms with E-state index in [0.29, 0.717) is 18.4 Å². The maximum atomic E-state index is 12.2. The molecular formula is C13H24N2O2. The molecule has 2 fully saturated rings. The van der Waals surface area contributed by atoms with Crippen molar-refractivity contribution in [2.45, 2.75) is 38.6 Å². The van der Waals surface area contributed by atoms with Crippen LogP contribution in [0.4, 0.5) is 0 Å². The zero-order valence-corrected chi connectivity index (χ0v) is 10.8. The molecule has 1 atom stereocenters. The van der Waals surface area contributed by atoms with Gasteiger partial charge in [-0.15, -0.1) is 0 Å². The van der Waals surface area contributed by atoms with E-state index in [2.05, 4.69) is 4.90 Å². The molecule has 0 aromatic heterocycles. The fraction of sp³-hybridized carbons (Fsp3) is 0.923. The SMILES string of the molecule is CC(C(=O)N1CCCC1)N1CCC(CO)CC1. The molecule has 0 aromatic rings. The summed E-state index contributed by atoms with van der Waals surface area (Å²) in [6, 6.07) is 0.0211. The van der Waals surface area contributed by atoms with Gasteiger partial charge in [-0.05, 0) is 51.6 Å². The molecule has 0 radical (unpaired) electrons. The summed E-state index contributed by atoms with van der Waals surface area (Å²) < 4.78 is 0. The van der Waals surface area contributed by atoms with E-state index >= 15 is 0 Å².